The molecule has 5 heteroatoms. The van der Waals surface area contributed by atoms with Gasteiger partial charge in [-0.25, -0.2) is 0 Å². The van der Waals surface area contributed by atoms with Crippen LogP contribution in [0, 0.1) is 84.5 Å². The van der Waals surface area contributed by atoms with Gasteiger partial charge < -0.3 is 17.4 Å². The molecule has 1 spiro atoms. The molecule has 0 unspecified atom stereocenters. The average Bonchev–Trinajstić information content (AvgIpc) is 3.26. The summed E-state index contributed by atoms with van der Waals surface area (Å²) in [7, 11) is 0. The van der Waals surface area contributed by atoms with E-state index in [2.05, 4.69) is 19.9 Å². The number of hydrogen-bond acceptors (Lipinski definition) is 4. The SMILES string of the molecule is C[C@]12C=CC(=O)C=C1C[C@@H]([S-])[C@H]1[C@@H]3[C@@H]4C[C@@H]4[C@@]4(CCC(=O)O4)[C@@]3(C)CC[C@@H]12.[Ac]. The van der Waals surface area contributed by atoms with E-state index in [1.54, 1.807) is 6.08 Å². The van der Waals surface area contributed by atoms with E-state index in [-0.39, 0.29) is 77.5 Å². The van der Waals surface area contributed by atoms with Gasteiger partial charge in [-0.05, 0) is 62.0 Å². The van der Waals surface area contributed by atoms with E-state index in [0.29, 0.717) is 36.0 Å². The fourth-order valence-corrected chi connectivity index (χ4v) is 9.03. The molecule has 0 aromatic heterocycles. The Kier molecular flexibility index (Phi) is 4.52. The van der Waals surface area contributed by atoms with Crippen LogP contribution in [0.15, 0.2) is 23.8 Å². The molecule has 5 fully saturated rings. The molecule has 1 heterocycles. The summed E-state index contributed by atoms with van der Waals surface area (Å²) < 4.78 is 6.15. The van der Waals surface area contributed by atoms with Crippen LogP contribution in [-0.4, -0.2) is 22.6 Å². The summed E-state index contributed by atoms with van der Waals surface area (Å²) in [5, 5.41) is 0.187. The fraction of sp³-hybridized carbons (Fsp3) is 0.739. The number of allylic oxidation sites excluding steroid dienone is 4. The number of ether oxygens (including phenoxy) is 1. The van der Waals surface area contributed by atoms with Gasteiger partial charge in [0.15, 0.2) is 5.78 Å². The Labute approximate surface area is 208 Å². The number of ketones is 1. The molecule has 9 atom stereocenters. The Morgan fingerprint density at radius 2 is 1.96 bits per heavy atom. The predicted octanol–water partition coefficient (Wildman–Crippen LogP) is 3.75. The molecule has 1 aliphatic heterocycles. The Hall–Kier alpha value is 0.412. The van der Waals surface area contributed by atoms with Crippen LogP contribution in [0.1, 0.15) is 52.4 Å². The largest absolute Gasteiger partial charge is 0.789 e. The van der Waals surface area contributed by atoms with Crippen molar-refractivity contribution in [3.05, 3.63) is 23.8 Å². The van der Waals surface area contributed by atoms with Gasteiger partial charge in [-0.1, -0.05) is 31.4 Å². The van der Waals surface area contributed by atoms with Crippen molar-refractivity contribution >= 4 is 24.4 Å². The minimum absolute atomic E-state index is 0. The normalized spacial score (nSPS) is 55.5. The van der Waals surface area contributed by atoms with E-state index >= 15 is 0 Å². The summed E-state index contributed by atoms with van der Waals surface area (Å²) in [6, 6.07) is 0. The maximum Gasteiger partial charge on any atom is 0.306 e. The summed E-state index contributed by atoms with van der Waals surface area (Å²) in [6.07, 6.45) is 11.6. The van der Waals surface area contributed by atoms with E-state index in [9.17, 15) is 9.59 Å². The first-order valence-electron chi connectivity index (χ1n) is 10.6. The molecule has 3 nitrogen and oxygen atoms in total. The summed E-state index contributed by atoms with van der Waals surface area (Å²) in [6.45, 7) is 4.74. The second-order valence-electron chi connectivity index (χ2n) is 10.5. The number of esters is 1. The minimum atomic E-state index is -0.213. The van der Waals surface area contributed by atoms with Crippen LogP contribution in [0.5, 0.6) is 0 Å². The zero-order valence-corrected chi connectivity index (χ0v) is 22.2. The van der Waals surface area contributed by atoms with Crippen molar-refractivity contribution < 1.29 is 58.4 Å². The van der Waals surface area contributed by atoms with Crippen LogP contribution in [0.25, 0.3) is 0 Å². The molecular formula is C23H27AcO3S-. The van der Waals surface area contributed by atoms with Crippen LogP contribution in [0.3, 0.4) is 0 Å². The molecule has 5 aliphatic carbocycles. The van der Waals surface area contributed by atoms with Crippen LogP contribution < -0.4 is 0 Å². The van der Waals surface area contributed by atoms with Gasteiger partial charge in [-0.3, -0.25) is 9.59 Å². The quantitative estimate of drug-likeness (QED) is 0.310. The first kappa shape index (κ1) is 20.3. The number of fused-ring (bicyclic) bond motifs is 9. The van der Waals surface area contributed by atoms with E-state index < -0.39 is 0 Å². The van der Waals surface area contributed by atoms with Crippen LogP contribution in [-0.2, 0) is 27.0 Å². The molecule has 147 valence electrons. The monoisotopic (exact) mass is 610 g/mol. The summed E-state index contributed by atoms with van der Waals surface area (Å²) in [5.41, 5.74) is 1.10. The number of rotatable bonds is 0. The van der Waals surface area contributed by atoms with Crippen LogP contribution in [0.4, 0.5) is 0 Å². The molecule has 0 N–H and O–H groups in total. The smallest absolute Gasteiger partial charge is 0.306 e. The average molecular weight is 611 g/mol. The summed E-state index contributed by atoms with van der Waals surface area (Å²) in [5.74, 6) is 2.94. The number of carbonyl (C=O) groups excluding carboxylic acids is 2. The third kappa shape index (κ3) is 2.28. The molecule has 0 aromatic carbocycles. The van der Waals surface area contributed by atoms with E-state index in [1.165, 1.54) is 12.0 Å². The van der Waals surface area contributed by atoms with Gasteiger partial charge >= 0.3 is 5.97 Å². The van der Waals surface area contributed by atoms with Crippen molar-refractivity contribution in [3.8, 4) is 0 Å². The molecule has 6 aliphatic rings. The zero-order valence-electron chi connectivity index (χ0n) is 16.6. The van der Waals surface area contributed by atoms with Crippen molar-refractivity contribution in [2.45, 2.75) is 63.2 Å². The van der Waals surface area contributed by atoms with E-state index in [0.717, 1.165) is 25.7 Å². The Morgan fingerprint density at radius 3 is 2.68 bits per heavy atom. The summed E-state index contributed by atoms with van der Waals surface area (Å²) in [4.78, 5) is 24.1. The van der Waals surface area contributed by atoms with Gasteiger partial charge in [0.05, 0.1) is 0 Å². The van der Waals surface area contributed by atoms with E-state index in [1.807, 2.05) is 6.08 Å². The Bertz CT molecular complexity index is 836. The molecule has 0 bridgehead atoms. The van der Waals surface area contributed by atoms with Crippen molar-refractivity contribution in [3.63, 3.8) is 0 Å². The first-order valence-corrected chi connectivity index (χ1v) is 11.1. The third-order valence-electron chi connectivity index (χ3n) is 9.68. The maximum atomic E-state index is 12.1. The van der Waals surface area contributed by atoms with E-state index in [4.69, 9.17) is 17.4 Å². The first-order chi connectivity index (χ1) is 12.8. The molecule has 0 aromatic rings. The molecule has 6 rings (SSSR count). The molecule has 28 heavy (non-hydrogen) atoms. The van der Waals surface area contributed by atoms with Crippen molar-refractivity contribution in [2.24, 2.45) is 40.4 Å². The van der Waals surface area contributed by atoms with Crippen molar-refractivity contribution in [1.29, 1.82) is 0 Å². The maximum absolute atomic E-state index is 12.1. The van der Waals surface area contributed by atoms with Gasteiger partial charge in [0, 0.05) is 67.2 Å². The standard InChI is InChI=1S/C23H28O3S.Ac/c1-21-6-3-13(24)9-12(21)10-17(27)19-15(21)4-7-22(2)20(19)14-11-16(14)23(22)8-5-18(25)26-23;/h3,6,9,14-17,19-20,27H,4-5,7-8,10-11H2,1-2H3;/p-1/t14-,15+,16+,17-,19+,20+,21+,22+,23+;/m1./s1. The second-order valence-corrected chi connectivity index (χ2v) is 11.1. The fourth-order valence-electron chi connectivity index (χ4n) is 8.49. The molecule has 1 saturated heterocycles. The topological polar surface area (TPSA) is 43.4 Å². The Balaban J connectivity index is 0.00000171. The van der Waals surface area contributed by atoms with Gasteiger partial charge in [0.25, 0.3) is 0 Å². The minimum Gasteiger partial charge on any atom is -0.789 e. The Morgan fingerprint density at radius 1 is 1.18 bits per heavy atom. The van der Waals surface area contributed by atoms with Gasteiger partial charge in [-0.2, -0.15) is 5.25 Å². The second kappa shape index (κ2) is 6.23. The third-order valence-corrected chi connectivity index (χ3v) is 10.2. The molecule has 4 saturated carbocycles. The van der Waals surface area contributed by atoms with Crippen molar-refractivity contribution in [1.82, 2.24) is 0 Å². The van der Waals surface area contributed by atoms with Gasteiger partial charge in [-0.15, -0.1) is 0 Å². The predicted molar refractivity (Wildman–Crippen MR) is 104 cm³/mol. The van der Waals surface area contributed by atoms with Crippen LogP contribution >= 0.6 is 0 Å². The van der Waals surface area contributed by atoms with Crippen LogP contribution in [0.2, 0.25) is 0 Å². The molecule has 0 amide bonds. The molecule has 1 radical (unpaired) electrons. The van der Waals surface area contributed by atoms with Gasteiger partial charge in [0.2, 0.25) is 0 Å². The number of hydrogen-bond donors (Lipinski definition) is 0. The summed E-state index contributed by atoms with van der Waals surface area (Å²) >= 11 is 6.09. The van der Waals surface area contributed by atoms with Gasteiger partial charge in [0.1, 0.15) is 5.60 Å². The zero-order chi connectivity index (χ0) is 18.8. The molecular weight excluding hydrogens is 583 g/mol. The number of carbonyl (C=O) groups is 2. The van der Waals surface area contributed by atoms with Crippen molar-refractivity contribution in [2.75, 3.05) is 0 Å².